The number of carbonyl (C=O) groups excluding carboxylic acids is 1. The minimum atomic E-state index is -0.552. The van der Waals surface area contributed by atoms with Gasteiger partial charge in [0.25, 0.3) is 0 Å². The second-order valence-corrected chi connectivity index (χ2v) is 5.50. The third kappa shape index (κ3) is 2.50. The van der Waals surface area contributed by atoms with Crippen LogP contribution >= 0.6 is 0 Å². The molecular formula is C20H14O5. The minimum Gasteiger partial charge on any atom is -0.460 e. The average molecular weight is 334 g/mol. The summed E-state index contributed by atoms with van der Waals surface area (Å²) in [5.74, 6) is -0.453. The number of benzene rings is 2. The molecule has 0 spiro atoms. The molecular weight excluding hydrogens is 320 g/mol. The Hall–Kier alpha value is -3.34. The largest absolute Gasteiger partial charge is 0.460 e. The molecule has 0 unspecified atom stereocenters. The highest BCUT2D eigenvalue weighted by Gasteiger charge is 2.25. The standard InChI is InChI=1S/C20H14O5/c1-2-23-20(22)19-16(12-6-4-3-5-7-12)17-14(24-19)10-8-13-9-11-15(21)25-18(13)17/h3-11H,2H2,1H3. The Morgan fingerprint density at radius 3 is 2.52 bits per heavy atom. The highest BCUT2D eigenvalue weighted by atomic mass is 16.5. The molecule has 2 aromatic carbocycles. The molecule has 0 aliphatic rings. The van der Waals surface area contributed by atoms with E-state index in [0.717, 1.165) is 10.9 Å². The topological polar surface area (TPSA) is 69.7 Å². The van der Waals surface area contributed by atoms with Crippen LogP contribution < -0.4 is 5.63 Å². The van der Waals surface area contributed by atoms with E-state index in [1.54, 1.807) is 25.1 Å². The van der Waals surface area contributed by atoms with Crippen molar-refractivity contribution in [3.8, 4) is 11.1 Å². The van der Waals surface area contributed by atoms with E-state index in [0.29, 0.717) is 22.1 Å². The van der Waals surface area contributed by atoms with E-state index in [-0.39, 0.29) is 12.4 Å². The van der Waals surface area contributed by atoms with Gasteiger partial charge in [0.15, 0.2) is 0 Å². The Balaban J connectivity index is 2.16. The molecule has 4 aromatic rings. The van der Waals surface area contributed by atoms with Gasteiger partial charge in [0, 0.05) is 17.0 Å². The number of carbonyl (C=O) groups is 1. The summed E-state index contributed by atoms with van der Waals surface area (Å²) in [5, 5.41) is 1.34. The summed E-state index contributed by atoms with van der Waals surface area (Å²) in [5.41, 5.74) is 1.74. The van der Waals surface area contributed by atoms with Gasteiger partial charge in [0.1, 0.15) is 11.2 Å². The van der Waals surface area contributed by atoms with Crippen molar-refractivity contribution in [3.05, 3.63) is 70.8 Å². The van der Waals surface area contributed by atoms with Gasteiger partial charge in [-0.3, -0.25) is 0 Å². The lowest BCUT2D eigenvalue weighted by Crippen LogP contribution is -2.04. The smallest absolute Gasteiger partial charge is 0.374 e. The van der Waals surface area contributed by atoms with E-state index in [1.807, 2.05) is 30.3 Å². The number of ether oxygens (including phenoxy) is 1. The zero-order chi connectivity index (χ0) is 17.4. The van der Waals surface area contributed by atoms with Gasteiger partial charge < -0.3 is 13.6 Å². The molecule has 0 bridgehead atoms. The summed E-state index contributed by atoms with van der Waals surface area (Å²) in [6.45, 7) is 1.97. The van der Waals surface area contributed by atoms with Crippen molar-refractivity contribution in [2.45, 2.75) is 6.92 Å². The fraction of sp³-hybridized carbons (Fsp3) is 0.100. The summed E-state index contributed by atoms with van der Waals surface area (Å²) >= 11 is 0. The van der Waals surface area contributed by atoms with Gasteiger partial charge in [0.05, 0.1) is 12.0 Å². The number of hydrogen-bond acceptors (Lipinski definition) is 5. The molecule has 0 N–H and O–H groups in total. The molecule has 5 nitrogen and oxygen atoms in total. The summed E-state index contributed by atoms with van der Waals surface area (Å²) in [7, 11) is 0. The fourth-order valence-corrected chi connectivity index (χ4v) is 2.93. The van der Waals surface area contributed by atoms with Crippen LogP contribution in [0.25, 0.3) is 33.1 Å². The van der Waals surface area contributed by atoms with E-state index in [1.165, 1.54) is 6.07 Å². The molecule has 0 saturated carbocycles. The van der Waals surface area contributed by atoms with Gasteiger partial charge in [-0.15, -0.1) is 0 Å². The van der Waals surface area contributed by atoms with Crippen molar-refractivity contribution in [3.63, 3.8) is 0 Å². The van der Waals surface area contributed by atoms with E-state index in [2.05, 4.69) is 0 Å². The summed E-state index contributed by atoms with van der Waals surface area (Å²) in [6, 6.07) is 15.9. The summed E-state index contributed by atoms with van der Waals surface area (Å²) in [4.78, 5) is 24.1. The van der Waals surface area contributed by atoms with Gasteiger partial charge in [-0.1, -0.05) is 30.3 Å². The number of furan rings is 1. The molecule has 0 aliphatic carbocycles. The maximum absolute atomic E-state index is 12.4. The lowest BCUT2D eigenvalue weighted by atomic mass is 10.0. The summed E-state index contributed by atoms with van der Waals surface area (Å²) in [6.07, 6.45) is 0. The third-order valence-electron chi connectivity index (χ3n) is 3.96. The van der Waals surface area contributed by atoms with Crippen LogP contribution in [0.3, 0.4) is 0 Å². The monoisotopic (exact) mass is 334 g/mol. The van der Waals surface area contributed by atoms with Crippen molar-refractivity contribution >= 4 is 27.9 Å². The maximum Gasteiger partial charge on any atom is 0.374 e. The predicted molar refractivity (Wildman–Crippen MR) is 93.6 cm³/mol. The molecule has 124 valence electrons. The van der Waals surface area contributed by atoms with E-state index in [9.17, 15) is 9.59 Å². The second-order valence-electron chi connectivity index (χ2n) is 5.50. The number of rotatable bonds is 3. The van der Waals surface area contributed by atoms with E-state index in [4.69, 9.17) is 13.6 Å². The van der Waals surface area contributed by atoms with Crippen LogP contribution in [-0.4, -0.2) is 12.6 Å². The highest BCUT2D eigenvalue weighted by molar-refractivity contribution is 6.15. The lowest BCUT2D eigenvalue weighted by Gasteiger charge is -2.04. The van der Waals surface area contributed by atoms with Crippen LogP contribution in [0.1, 0.15) is 17.5 Å². The molecule has 0 fully saturated rings. The van der Waals surface area contributed by atoms with Gasteiger partial charge in [-0.05, 0) is 30.7 Å². The van der Waals surface area contributed by atoms with Crippen molar-refractivity contribution < 1.29 is 18.4 Å². The Bertz CT molecular complexity index is 1140. The minimum absolute atomic E-state index is 0.0991. The van der Waals surface area contributed by atoms with Crippen LogP contribution in [0.5, 0.6) is 0 Å². The van der Waals surface area contributed by atoms with Crippen LogP contribution in [0.15, 0.2) is 68.2 Å². The first-order valence-electron chi connectivity index (χ1n) is 7.91. The van der Waals surface area contributed by atoms with Crippen LogP contribution in [0.2, 0.25) is 0 Å². The van der Waals surface area contributed by atoms with Crippen LogP contribution in [-0.2, 0) is 4.74 Å². The first-order valence-corrected chi connectivity index (χ1v) is 7.91. The first-order chi connectivity index (χ1) is 12.2. The highest BCUT2D eigenvalue weighted by Crippen LogP contribution is 2.39. The number of fused-ring (bicyclic) bond motifs is 3. The molecule has 0 saturated heterocycles. The molecule has 2 heterocycles. The van der Waals surface area contributed by atoms with Gasteiger partial charge in [-0.2, -0.15) is 0 Å². The molecule has 4 rings (SSSR count). The van der Waals surface area contributed by atoms with E-state index < -0.39 is 11.6 Å². The average Bonchev–Trinajstić information content (AvgIpc) is 3.03. The SMILES string of the molecule is CCOC(=O)c1oc2ccc3ccc(=O)oc3c2c1-c1ccccc1. The molecule has 0 radical (unpaired) electrons. The van der Waals surface area contributed by atoms with Gasteiger partial charge >= 0.3 is 11.6 Å². The quantitative estimate of drug-likeness (QED) is 0.411. The zero-order valence-electron chi connectivity index (χ0n) is 13.4. The van der Waals surface area contributed by atoms with Gasteiger partial charge in [-0.25, -0.2) is 9.59 Å². The third-order valence-corrected chi connectivity index (χ3v) is 3.96. The number of esters is 1. The Labute approximate surface area is 142 Å². The van der Waals surface area contributed by atoms with Crippen molar-refractivity contribution in [2.75, 3.05) is 6.61 Å². The van der Waals surface area contributed by atoms with Crippen molar-refractivity contribution in [1.29, 1.82) is 0 Å². The maximum atomic E-state index is 12.4. The molecule has 0 aliphatic heterocycles. The number of hydrogen-bond donors (Lipinski definition) is 0. The predicted octanol–water partition coefficient (Wildman–Crippen LogP) is 4.38. The Kier molecular flexibility index (Phi) is 3.61. The second kappa shape index (κ2) is 5.94. The van der Waals surface area contributed by atoms with Crippen LogP contribution in [0.4, 0.5) is 0 Å². The zero-order valence-corrected chi connectivity index (χ0v) is 13.4. The molecule has 0 atom stereocenters. The van der Waals surface area contributed by atoms with Crippen molar-refractivity contribution in [2.24, 2.45) is 0 Å². The molecule has 5 heteroatoms. The molecule has 25 heavy (non-hydrogen) atoms. The van der Waals surface area contributed by atoms with Gasteiger partial charge in [0.2, 0.25) is 5.76 Å². The first kappa shape index (κ1) is 15.2. The van der Waals surface area contributed by atoms with E-state index >= 15 is 0 Å². The Morgan fingerprint density at radius 2 is 1.76 bits per heavy atom. The normalized spacial score (nSPS) is 11.1. The lowest BCUT2D eigenvalue weighted by molar-refractivity contribution is 0.0494. The van der Waals surface area contributed by atoms with Crippen molar-refractivity contribution in [1.82, 2.24) is 0 Å². The summed E-state index contributed by atoms with van der Waals surface area (Å²) < 4.78 is 16.3. The Morgan fingerprint density at radius 1 is 1.00 bits per heavy atom. The fourth-order valence-electron chi connectivity index (χ4n) is 2.93. The van der Waals surface area contributed by atoms with Crippen LogP contribution in [0, 0.1) is 0 Å². The molecule has 2 aromatic heterocycles. The molecule has 0 amide bonds.